The quantitative estimate of drug-likeness (QED) is 0.858. The van der Waals surface area contributed by atoms with E-state index in [1.165, 1.54) is 13.2 Å². The number of hydrogen-bond acceptors (Lipinski definition) is 4. The first kappa shape index (κ1) is 17.4. The molecule has 2 aromatic rings. The number of aromatic amines is 1. The van der Waals surface area contributed by atoms with E-state index in [9.17, 15) is 22.4 Å². The van der Waals surface area contributed by atoms with Crippen LogP contribution in [-0.2, 0) is 25.7 Å². The Morgan fingerprint density at radius 2 is 2.12 bits per heavy atom. The highest BCUT2D eigenvalue weighted by Gasteiger charge is 2.35. The van der Waals surface area contributed by atoms with Crippen LogP contribution in [0, 0.1) is 5.82 Å². The Kier molecular flexibility index (Phi) is 4.51. The zero-order valence-corrected chi connectivity index (χ0v) is 13.3. The van der Waals surface area contributed by atoms with Crippen LogP contribution in [0.3, 0.4) is 0 Å². The standard InChI is InChI=1S/C16H15F4N3O2/c1-25-13-6-9(2-3-11(13)17)7-23-5-4-12-10(8-23)14(24)22-15(21-12)16(18,19)20/h2-3,6H,4-5,7-8H2,1H3,(H,21,22,24). The van der Waals surface area contributed by atoms with E-state index in [0.717, 1.165) is 5.56 Å². The van der Waals surface area contributed by atoms with E-state index in [1.807, 2.05) is 4.90 Å². The minimum atomic E-state index is -4.68. The van der Waals surface area contributed by atoms with Crippen molar-refractivity contribution >= 4 is 0 Å². The minimum absolute atomic E-state index is 0.115. The highest BCUT2D eigenvalue weighted by Crippen LogP contribution is 2.27. The predicted octanol–water partition coefficient (Wildman–Crippen LogP) is 2.49. The van der Waals surface area contributed by atoms with E-state index in [4.69, 9.17) is 4.74 Å². The van der Waals surface area contributed by atoms with E-state index < -0.39 is 23.4 Å². The van der Waals surface area contributed by atoms with Crippen molar-refractivity contribution in [3.63, 3.8) is 0 Å². The Labute approximate surface area is 140 Å². The minimum Gasteiger partial charge on any atom is -0.494 e. The molecule has 0 bridgehead atoms. The number of rotatable bonds is 3. The molecule has 0 atom stereocenters. The molecule has 1 N–H and O–H groups in total. The third kappa shape index (κ3) is 3.65. The lowest BCUT2D eigenvalue weighted by atomic mass is 10.1. The molecule has 0 radical (unpaired) electrons. The van der Waals surface area contributed by atoms with Gasteiger partial charge in [-0.2, -0.15) is 13.2 Å². The summed E-state index contributed by atoms with van der Waals surface area (Å²) in [5, 5.41) is 0. The Bertz CT molecular complexity index is 848. The average Bonchev–Trinajstić information content (AvgIpc) is 2.56. The highest BCUT2D eigenvalue weighted by molar-refractivity contribution is 5.30. The van der Waals surface area contributed by atoms with E-state index in [2.05, 4.69) is 4.98 Å². The fourth-order valence-electron chi connectivity index (χ4n) is 2.81. The maximum Gasteiger partial charge on any atom is 0.449 e. The van der Waals surface area contributed by atoms with Crippen LogP contribution in [0.1, 0.15) is 22.6 Å². The van der Waals surface area contributed by atoms with Gasteiger partial charge in [0.15, 0.2) is 11.6 Å². The number of hydrogen-bond donors (Lipinski definition) is 1. The Hall–Kier alpha value is -2.42. The van der Waals surface area contributed by atoms with Gasteiger partial charge >= 0.3 is 6.18 Å². The fourth-order valence-corrected chi connectivity index (χ4v) is 2.81. The van der Waals surface area contributed by atoms with Gasteiger partial charge in [-0.05, 0) is 17.7 Å². The normalized spacial score (nSPS) is 15.1. The maximum absolute atomic E-state index is 13.4. The number of alkyl halides is 3. The number of H-pyrrole nitrogens is 1. The summed E-state index contributed by atoms with van der Waals surface area (Å²) in [7, 11) is 1.36. The van der Waals surface area contributed by atoms with Crippen LogP contribution < -0.4 is 10.3 Å². The van der Waals surface area contributed by atoms with Gasteiger partial charge in [0.05, 0.1) is 18.4 Å². The molecule has 0 aliphatic carbocycles. The number of nitrogens with one attached hydrogen (secondary N) is 1. The number of fused-ring (bicyclic) bond motifs is 1. The summed E-state index contributed by atoms with van der Waals surface area (Å²) in [6, 6.07) is 4.44. The van der Waals surface area contributed by atoms with Gasteiger partial charge in [-0.1, -0.05) is 6.07 Å². The Morgan fingerprint density at radius 1 is 1.36 bits per heavy atom. The van der Waals surface area contributed by atoms with E-state index >= 15 is 0 Å². The van der Waals surface area contributed by atoms with Crippen LogP contribution in [0.4, 0.5) is 17.6 Å². The number of ether oxygens (including phenoxy) is 1. The number of benzene rings is 1. The van der Waals surface area contributed by atoms with Gasteiger partial charge in [-0.15, -0.1) is 0 Å². The monoisotopic (exact) mass is 357 g/mol. The molecule has 1 aromatic carbocycles. The summed E-state index contributed by atoms with van der Waals surface area (Å²) in [5.41, 5.74) is 0.397. The predicted molar refractivity (Wildman–Crippen MR) is 80.6 cm³/mol. The molecule has 1 aliphatic heterocycles. The second kappa shape index (κ2) is 6.47. The molecular formula is C16H15F4N3O2. The van der Waals surface area contributed by atoms with Crippen molar-refractivity contribution in [2.75, 3.05) is 13.7 Å². The highest BCUT2D eigenvalue weighted by atomic mass is 19.4. The molecule has 0 spiro atoms. The molecule has 1 aromatic heterocycles. The lowest BCUT2D eigenvalue weighted by molar-refractivity contribution is -0.145. The SMILES string of the molecule is COc1cc(CN2CCc3nc(C(F)(F)F)[nH]c(=O)c3C2)ccc1F. The molecule has 0 saturated heterocycles. The van der Waals surface area contributed by atoms with Crippen molar-refractivity contribution in [2.45, 2.75) is 25.7 Å². The lowest BCUT2D eigenvalue weighted by Gasteiger charge is -2.28. The number of halogens is 4. The molecule has 0 unspecified atom stereocenters. The van der Waals surface area contributed by atoms with Crippen molar-refractivity contribution in [3.8, 4) is 5.75 Å². The third-order valence-electron chi connectivity index (χ3n) is 4.04. The van der Waals surface area contributed by atoms with Crippen LogP contribution in [0.15, 0.2) is 23.0 Å². The number of methoxy groups -OCH3 is 1. The third-order valence-corrected chi connectivity index (χ3v) is 4.04. The summed E-state index contributed by atoms with van der Waals surface area (Å²) >= 11 is 0. The maximum atomic E-state index is 13.4. The molecule has 0 saturated carbocycles. The van der Waals surface area contributed by atoms with Crippen LogP contribution in [0.2, 0.25) is 0 Å². The molecular weight excluding hydrogens is 342 g/mol. The van der Waals surface area contributed by atoms with E-state index in [1.54, 1.807) is 17.1 Å². The van der Waals surface area contributed by atoms with Crippen molar-refractivity contribution in [2.24, 2.45) is 0 Å². The van der Waals surface area contributed by atoms with Crippen molar-refractivity contribution in [1.82, 2.24) is 14.9 Å². The lowest BCUT2D eigenvalue weighted by Crippen LogP contribution is -2.36. The molecule has 1 aliphatic rings. The number of nitrogens with zero attached hydrogens (tertiary/aromatic N) is 2. The molecule has 0 amide bonds. The molecule has 0 fully saturated rings. The first-order chi connectivity index (χ1) is 11.8. The van der Waals surface area contributed by atoms with Gasteiger partial charge in [0, 0.05) is 26.1 Å². The van der Waals surface area contributed by atoms with Gasteiger partial charge in [-0.25, -0.2) is 9.37 Å². The Balaban J connectivity index is 1.81. The first-order valence-corrected chi connectivity index (χ1v) is 7.52. The van der Waals surface area contributed by atoms with E-state index in [-0.39, 0.29) is 30.0 Å². The molecule has 9 heteroatoms. The smallest absolute Gasteiger partial charge is 0.449 e. The fraction of sp³-hybridized carbons (Fsp3) is 0.375. The average molecular weight is 357 g/mol. The van der Waals surface area contributed by atoms with Crippen molar-refractivity contribution < 1.29 is 22.3 Å². The second-order valence-electron chi connectivity index (χ2n) is 5.77. The van der Waals surface area contributed by atoms with Gasteiger partial charge in [0.25, 0.3) is 5.56 Å². The largest absolute Gasteiger partial charge is 0.494 e. The number of aromatic nitrogens is 2. The molecule has 134 valence electrons. The van der Waals surface area contributed by atoms with Gasteiger partial charge in [0.2, 0.25) is 5.82 Å². The second-order valence-corrected chi connectivity index (χ2v) is 5.77. The first-order valence-electron chi connectivity index (χ1n) is 7.52. The van der Waals surface area contributed by atoms with Crippen LogP contribution in [-0.4, -0.2) is 28.5 Å². The van der Waals surface area contributed by atoms with Gasteiger partial charge in [0.1, 0.15) is 0 Å². The van der Waals surface area contributed by atoms with Gasteiger partial charge in [-0.3, -0.25) is 9.69 Å². The summed E-state index contributed by atoms with van der Waals surface area (Å²) in [4.78, 5) is 19.2. The van der Waals surface area contributed by atoms with Crippen LogP contribution in [0.25, 0.3) is 0 Å². The molecule has 5 nitrogen and oxygen atoms in total. The topological polar surface area (TPSA) is 58.2 Å². The van der Waals surface area contributed by atoms with Crippen LogP contribution in [0.5, 0.6) is 5.75 Å². The molecule has 25 heavy (non-hydrogen) atoms. The summed E-state index contributed by atoms with van der Waals surface area (Å²) in [6.07, 6.45) is -4.45. The van der Waals surface area contributed by atoms with Crippen molar-refractivity contribution in [1.29, 1.82) is 0 Å². The van der Waals surface area contributed by atoms with Gasteiger partial charge < -0.3 is 9.72 Å². The summed E-state index contributed by atoms with van der Waals surface area (Å²) in [5.74, 6) is -1.63. The zero-order valence-electron chi connectivity index (χ0n) is 13.3. The Morgan fingerprint density at radius 3 is 2.80 bits per heavy atom. The summed E-state index contributed by atoms with van der Waals surface area (Å²) in [6.45, 7) is 1.03. The molecule has 2 heterocycles. The zero-order chi connectivity index (χ0) is 18.2. The van der Waals surface area contributed by atoms with Crippen molar-refractivity contribution in [3.05, 3.63) is 57.0 Å². The van der Waals surface area contributed by atoms with E-state index in [0.29, 0.717) is 13.1 Å². The van der Waals surface area contributed by atoms with Crippen LogP contribution >= 0.6 is 0 Å². The summed E-state index contributed by atoms with van der Waals surface area (Å²) < 4.78 is 56.5. The molecule has 3 rings (SSSR count).